The van der Waals surface area contributed by atoms with Gasteiger partial charge in [0.1, 0.15) is 6.17 Å². The Hall–Kier alpha value is -1.85. The second-order valence-electron chi connectivity index (χ2n) is 6.83. The highest BCUT2D eigenvalue weighted by atomic mass is 79.9. The first-order chi connectivity index (χ1) is 12.5. The number of phenolic OH excluding ortho intramolecular Hbond substituents is 1. The molecule has 2 unspecified atom stereocenters. The lowest BCUT2D eigenvalue weighted by molar-refractivity contribution is 0.309. The van der Waals surface area contributed by atoms with Crippen LogP contribution < -0.4 is 10.1 Å². The summed E-state index contributed by atoms with van der Waals surface area (Å²) in [5.41, 5.74) is 3.01. The van der Waals surface area contributed by atoms with E-state index in [1.807, 2.05) is 31.2 Å². The summed E-state index contributed by atoms with van der Waals surface area (Å²) in [4.78, 5) is 4.93. The van der Waals surface area contributed by atoms with Crippen molar-refractivity contribution in [2.75, 3.05) is 6.61 Å². The van der Waals surface area contributed by atoms with Gasteiger partial charge >= 0.3 is 0 Å². The van der Waals surface area contributed by atoms with E-state index in [4.69, 9.17) is 9.73 Å². The van der Waals surface area contributed by atoms with Crippen LogP contribution in [0.5, 0.6) is 11.5 Å². The molecule has 0 saturated carbocycles. The van der Waals surface area contributed by atoms with E-state index in [9.17, 15) is 5.11 Å². The number of aromatic hydroxyl groups is 1. The monoisotopic (exact) mass is 416 g/mol. The second kappa shape index (κ2) is 8.23. The van der Waals surface area contributed by atoms with E-state index in [1.165, 1.54) is 0 Å². The molecule has 1 heterocycles. The number of ether oxygens (including phenoxy) is 1. The molecular formula is C21H25BrN2O2. The Kier molecular flexibility index (Phi) is 5.99. The summed E-state index contributed by atoms with van der Waals surface area (Å²) in [5, 5.41) is 14.3. The molecule has 2 atom stereocenters. The lowest BCUT2D eigenvalue weighted by atomic mass is 9.93. The van der Waals surface area contributed by atoms with Gasteiger partial charge in [-0.15, -0.1) is 0 Å². The number of benzene rings is 2. The average molecular weight is 417 g/mol. The van der Waals surface area contributed by atoms with Crippen molar-refractivity contribution in [3.63, 3.8) is 0 Å². The highest BCUT2D eigenvalue weighted by Crippen LogP contribution is 2.37. The number of nitrogens with one attached hydrogen (secondary N) is 1. The number of aliphatic imine (C=N–C) groups is 1. The Morgan fingerprint density at radius 3 is 2.73 bits per heavy atom. The number of para-hydroxylation sites is 1. The van der Waals surface area contributed by atoms with Crippen LogP contribution in [0, 0.1) is 5.92 Å². The molecule has 3 rings (SSSR count). The second-order valence-corrected chi connectivity index (χ2v) is 7.74. The number of rotatable bonds is 5. The Balaban J connectivity index is 1.97. The fourth-order valence-electron chi connectivity index (χ4n) is 3.21. The topological polar surface area (TPSA) is 53.8 Å². The molecule has 138 valence electrons. The molecule has 0 aromatic heterocycles. The van der Waals surface area contributed by atoms with E-state index in [0.29, 0.717) is 24.7 Å². The fourth-order valence-corrected chi connectivity index (χ4v) is 3.61. The van der Waals surface area contributed by atoms with Gasteiger partial charge in [-0.25, -0.2) is 0 Å². The van der Waals surface area contributed by atoms with Gasteiger partial charge in [0, 0.05) is 28.2 Å². The molecule has 0 aliphatic carbocycles. The van der Waals surface area contributed by atoms with Crippen molar-refractivity contribution in [2.24, 2.45) is 10.9 Å². The van der Waals surface area contributed by atoms with Crippen LogP contribution in [-0.4, -0.2) is 23.6 Å². The Morgan fingerprint density at radius 2 is 2.04 bits per heavy atom. The van der Waals surface area contributed by atoms with Crippen molar-refractivity contribution in [1.29, 1.82) is 0 Å². The highest BCUT2D eigenvalue weighted by molar-refractivity contribution is 9.10. The zero-order chi connectivity index (χ0) is 18.7. The van der Waals surface area contributed by atoms with Gasteiger partial charge < -0.3 is 9.84 Å². The first-order valence-electron chi connectivity index (χ1n) is 9.03. The average Bonchev–Trinajstić information content (AvgIpc) is 2.63. The van der Waals surface area contributed by atoms with E-state index in [-0.39, 0.29) is 18.0 Å². The summed E-state index contributed by atoms with van der Waals surface area (Å²) < 4.78 is 6.59. The van der Waals surface area contributed by atoms with Crippen LogP contribution in [0.15, 0.2) is 51.9 Å². The summed E-state index contributed by atoms with van der Waals surface area (Å²) in [6, 6.07) is 13.9. The molecule has 5 heteroatoms. The van der Waals surface area contributed by atoms with Gasteiger partial charge in [0.05, 0.1) is 6.61 Å². The summed E-state index contributed by atoms with van der Waals surface area (Å²) in [6.07, 6.45) is 0.709. The molecule has 0 bridgehead atoms. The summed E-state index contributed by atoms with van der Waals surface area (Å²) in [6.45, 7) is 6.74. The normalized spacial score (nSPS) is 20.1. The number of phenols is 1. The molecule has 2 aromatic carbocycles. The Labute approximate surface area is 163 Å². The molecule has 26 heavy (non-hydrogen) atoms. The third-order valence-electron chi connectivity index (χ3n) is 4.56. The van der Waals surface area contributed by atoms with E-state index < -0.39 is 0 Å². The van der Waals surface area contributed by atoms with Crippen molar-refractivity contribution in [1.82, 2.24) is 5.32 Å². The van der Waals surface area contributed by atoms with Crippen LogP contribution in [0.3, 0.4) is 0 Å². The summed E-state index contributed by atoms with van der Waals surface area (Å²) >= 11 is 3.54. The van der Waals surface area contributed by atoms with Crippen molar-refractivity contribution in [2.45, 2.75) is 39.4 Å². The Bertz CT molecular complexity index is 804. The molecule has 2 aromatic rings. The van der Waals surface area contributed by atoms with Gasteiger partial charge in [-0.2, -0.15) is 0 Å². The SMILES string of the molecule is CCOc1cccc(C2CC(c3cccc(Br)c3)=NC(C(C)C)N2)c1O. The van der Waals surface area contributed by atoms with Crippen LogP contribution in [-0.2, 0) is 0 Å². The predicted octanol–water partition coefficient (Wildman–Crippen LogP) is 5.06. The van der Waals surface area contributed by atoms with Gasteiger partial charge in [0.15, 0.2) is 11.5 Å². The van der Waals surface area contributed by atoms with Crippen LogP contribution in [0.25, 0.3) is 0 Å². The zero-order valence-electron chi connectivity index (χ0n) is 15.4. The standard InChI is InChI=1S/C21H25BrN2O2/c1-4-26-19-10-6-9-16(20(19)25)18-12-17(23-21(24-18)13(2)3)14-7-5-8-15(22)11-14/h5-11,13,18,21,24-25H,4,12H2,1-3H3. The smallest absolute Gasteiger partial charge is 0.162 e. The van der Waals surface area contributed by atoms with Gasteiger partial charge in [0.25, 0.3) is 0 Å². The third kappa shape index (κ3) is 4.10. The largest absolute Gasteiger partial charge is 0.504 e. The predicted molar refractivity (Wildman–Crippen MR) is 109 cm³/mol. The van der Waals surface area contributed by atoms with Crippen LogP contribution in [0.4, 0.5) is 0 Å². The molecule has 0 amide bonds. The van der Waals surface area contributed by atoms with Crippen LogP contribution in [0.1, 0.15) is 44.4 Å². The number of nitrogens with zero attached hydrogens (tertiary/aromatic N) is 1. The molecule has 2 N–H and O–H groups in total. The first kappa shape index (κ1) is 18.9. The molecule has 1 aliphatic heterocycles. The van der Waals surface area contributed by atoms with Gasteiger partial charge in [0.2, 0.25) is 0 Å². The van der Waals surface area contributed by atoms with Crippen molar-refractivity contribution in [3.8, 4) is 11.5 Å². The lowest BCUT2D eigenvalue weighted by Gasteiger charge is -2.32. The molecule has 0 spiro atoms. The van der Waals surface area contributed by atoms with Crippen LogP contribution >= 0.6 is 15.9 Å². The fraction of sp³-hybridized carbons (Fsp3) is 0.381. The molecule has 0 radical (unpaired) electrons. The molecule has 0 fully saturated rings. The first-order valence-corrected chi connectivity index (χ1v) is 9.82. The minimum absolute atomic E-state index is 0.00196. The number of hydrogen-bond donors (Lipinski definition) is 2. The van der Waals surface area contributed by atoms with Gasteiger partial charge in [-0.05, 0) is 36.6 Å². The minimum atomic E-state index is -0.0192. The molecule has 0 saturated heterocycles. The van der Waals surface area contributed by atoms with Gasteiger partial charge in [-0.3, -0.25) is 10.3 Å². The van der Waals surface area contributed by atoms with Crippen molar-refractivity contribution >= 4 is 21.6 Å². The van der Waals surface area contributed by atoms with Crippen LogP contribution in [0.2, 0.25) is 0 Å². The summed E-state index contributed by atoms with van der Waals surface area (Å²) in [5.74, 6) is 1.08. The van der Waals surface area contributed by atoms with Crippen molar-refractivity contribution in [3.05, 3.63) is 58.1 Å². The zero-order valence-corrected chi connectivity index (χ0v) is 17.0. The highest BCUT2D eigenvalue weighted by Gasteiger charge is 2.29. The maximum Gasteiger partial charge on any atom is 0.162 e. The molecular weight excluding hydrogens is 392 g/mol. The number of halogens is 1. The number of hydrogen-bond acceptors (Lipinski definition) is 4. The van der Waals surface area contributed by atoms with E-state index in [1.54, 1.807) is 6.07 Å². The van der Waals surface area contributed by atoms with E-state index in [0.717, 1.165) is 21.3 Å². The van der Waals surface area contributed by atoms with E-state index >= 15 is 0 Å². The quantitative estimate of drug-likeness (QED) is 0.715. The maximum absolute atomic E-state index is 10.7. The molecule has 4 nitrogen and oxygen atoms in total. The molecule has 1 aliphatic rings. The van der Waals surface area contributed by atoms with Gasteiger partial charge in [-0.1, -0.05) is 54.0 Å². The van der Waals surface area contributed by atoms with E-state index in [2.05, 4.69) is 47.2 Å². The summed E-state index contributed by atoms with van der Waals surface area (Å²) in [7, 11) is 0. The Morgan fingerprint density at radius 1 is 1.27 bits per heavy atom. The maximum atomic E-state index is 10.7. The van der Waals surface area contributed by atoms with Crippen molar-refractivity contribution < 1.29 is 9.84 Å². The lowest BCUT2D eigenvalue weighted by Crippen LogP contribution is -2.41. The minimum Gasteiger partial charge on any atom is -0.504 e. The third-order valence-corrected chi connectivity index (χ3v) is 5.05.